The zero-order valence-electron chi connectivity index (χ0n) is 10.4. The summed E-state index contributed by atoms with van der Waals surface area (Å²) in [5.74, 6) is 0.803. The molecular formula is C14H16ClNO2. The molecular weight excluding hydrogens is 250 g/mol. The molecule has 0 amide bonds. The SMILES string of the molecule is CC(C)Oc1cccc(C(N)c2ccoc2Cl)c1. The minimum Gasteiger partial charge on any atom is -0.491 e. The Kier molecular flexibility index (Phi) is 3.94. The topological polar surface area (TPSA) is 48.4 Å². The van der Waals surface area contributed by atoms with E-state index in [1.165, 1.54) is 6.26 Å². The van der Waals surface area contributed by atoms with Crippen molar-refractivity contribution in [1.82, 2.24) is 0 Å². The molecule has 4 heteroatoms. The first kappa shape index (κ1) is 13.0. The normalized spacial score (nSPS) is 12.7. The molecule has 1 aromatic heterocycles. The van der Waals surface area contributed by atoms with E-state index in [4.69, 9.17) is 26.5 Å². The second-order valence-electron chi connectivity index (χ2n) is 4.37. The van der Waals surface area contributed by atoms with Gasteiger partial charge in [0.05, 0.1) is 18.4 Å². The van der Waals surface area contributed by atoms with E-state index in [0.29, 0.717) is 5.22 Å². The first-order valence-electron chi connectivity index (χ1n) is 5.83. The Bertz CT molecular complexity index is 522. The Morgan fingerprint density at radius 2 is 2.06 bits per heavy atom. The van der Waals surface area contributed by atoms with Crippen LogP contribution in [0.5, 0.6) is 5.75 Å². The highest BCUT2D eigenvalue weighted by Crippen LogP contribution is 2.29. The predicted molar refractivity (Wildman–Crippen MR) is 72.0 cm³/mol. The lowest BCUT2D eigenvalue weighted by molar-refractivity contribution is 0.242. The van der Waals surface area contributed by atoms with Crippen LogP contribution in [0.2, 0.25) is 5.22 Å². The van der Waals surface area contributed by atoms with E-state index in [0.717, 1.165) is 16.9 Å². The largest absolute Gasteiger partial charge is 0.491 e. The highest BCUT2D eigenvalue weighted by molar-refractivity contribution is 6.29. The van der Waals surface area contributed by atoms with Gasteiger partial charge in [0.25, 0.3) is 0 Å². The van der Waals surface area contributed by atoms with E-state index in [1.54, 1.807) is 6.07 Å². The molecule has 0 radical (unpaired) electrons. The predicted octanol–water partition coefficient (Wildman–Crippen LogP) is 3.77. The van der Waals surface area contributed by atoms with Crippen molar-refractivity contribution < 1.29 is 9.15 Å². The Balaban J connectivity index is 2.25. The quantitative estimate of drug-likeness (QED) is 0.915. The molecule has 0 saturated carbocycles. The maximum absolute atomic E-state index is 6.16. The lowest BCUT2D eigenvalue weighted by Gasteiger charge is -2.14. The van der Waals surface area contributed by atoms with Gasteiger partial charge in [0.2, 0.25) is 0 Å². The molecule has 0 saturated heterocycles. The van der Waals surface area contributed by atoms with Crippen molar-refractivity contribution in [1.29, 1.82) is 0 Å². The lowest BCUT2D eigenvalue weighted by atomic mass is 10.0. The molecule has 0 aliphatic rings. The number of rotatable bonds is 4. The summed E-state index contributed by atoms with van der Waals surface area (Å²) in [7, 11) is 0. The Morgan fingerprint density at radius 3 is 2.67 bits per heavy atom. The van der Waals surface area contributed by atoms with Crippen LogP contribution in [0.4, 0.5) is 0 Å². The van der Waals surface area contributed by atoms with Crippen LogP contribution in [0.25, 0.3) is 0 Å². The zero-order chi connectivity index (χ0) is 13.1. The van der Waals surface area contributed by atoms with Gasteiger partial charge in [-0.2, -0.15) is 0 Å². The summed E-state index contributed by atoms with van der Waals surface area (Å²) in [4.78, 5) is 0. The number of halogens is 1. The average Bonchev–Trinajstić information content (AvgIpc) is 2.74. The highest BCUT2D eigenvalue weighted by Gasteiger charge is 2.15. The van der Waals surface area contributed by atoms with Crippen LogP contribution >= 0.6 is 11.6 Å². The fourth-order valence-electron chi connectivity index (χ4n) is 1.76. The van der Waals surface area contributed by atoms with Crippen LogP contribution in [-0.2, 0) is 0 Å². The Hall–Kier alpha value is -1.45. The molecule has 0 aliphatic carbocycles. The molecule has 96 valence electrons. The summed E-state index contributed by atoms with van der Waals surface area (Å²) < 4.78 is 10.7. The third kappa shape index (κ3) is 2.86. The minimum atomic E-state index is -0.313. The standard InChI is InChI=1S/C14H16ClNO2/c1-9(2)18-11-5-3-4-10(8-11)13(16)12-6-7-17-14(12)15/h3-9,13H,16H2,1-2H3. The van der Waals surface area contributed by atoms with Gasteiger partial charge in [0, 0.05) is 5.56 Å². The van der Waals surface area contributed by atoms with Gasteiger partial charge in [-0.3, -0.25) is 0 Å². The van der Waals surface area contributed by atoms with E-state index >= 15 is 0 Å². The fourth-order valence-corrected chi connectivity index (χ4v) is 1.99. The van der Waals surface area contributed by atoms with E-state index < -0.39 is 0 Å². The molecule has 1 aromatic carbocycles. The van der Waals surface area contributed by atoms with Crippen LogP contribution in [0, 0.1) is 0 Å². The first-order chi connectivity index (χ1) is 8.58. The number of ether oxygens (including phenoxy) is 1. The lowest BCUT2D eigenvalue weighted by Crippen LogP contribution is -2.12. The maximum atomic E-state index is 6.16. The molecule has 1 atom stereocenters. The van der Waals surface area contributed by atoms with Gasteiger partial charge in [-0.1, -0.05) is 12.1 Å². The van der Waals surface area contributed by atoms with Gasteiger partial charge in [-0.05, 0) is 49.2 Å². The van der Waals surface area contributed by atoms with Crippen LogP contribution < -0.4 is 10.5 Å². The second kappa shape index (κ2) is 5.46. The van der Waals surface area contributed by atoms with Gasteiger partial charge in [-0.15, -0.1) is 0 Å². The Morgan fingerprint density at radius 1 is 1.28 bits per heavy atom. The molecule has 0 bridgehead atoms. The first-order valence-corrected chi connectivity index (χ1v) is 6.21. The van der Waals surface area contributed by atoms with Crippen molar-refractivity contribution >= 4 is 11.6 Å². The van der Waals surface area contributed by atoms with Crippen LogP contribution in [0.3, 0.4) is 0 Å². The third-order valence-electron chi connectivity index (χ3n) is 2.57. The summed E-state index contributed by atoms with van der Waals surface area (Å²) in [6.45, 7) is 3.97. The molecule has 0 spiro atoms. The molecule has 3 nitrogen and oxygen atoms in total. The second-order valence-corrected chi connectivity index (χ2v) is 4.71. The van der Waals surface area contributed by atoms with E-state index in [-0.39, 0.29) is 12.1 Å². The smallest absolute Gasteiger partial charge is 0.198 e. The monoisotopic (exact) mass is 265 g/mol. The molecule has 0 aliphatic heterocycles. The van der Waals surface area contributed by atoms with E-state index in [1.807, 2.05) is 38.1 Å². The van der Waals surface area contributed by atoms with E-state index in [2.05, 4.69) is 0 Å². The maximum Gasteiger partial charge on any atom is 0.198 e. The fraction of sp³-hybridized carbons (Fsp3) is 0.286. The summed E-state index contributed by atoms with van der Waals surface area (Å²) in [6, 6.07) is 9.17. The summed E-state index contributed by atoms with van der Waals surface area (Å²) in [5.41, 5.74) is 7.88. The van der Waals surface area contributed by atoms with Gasteiger partial charge in [-0.25, -0.2) is 0 Å². The van der Waals surface area contributed by atoms with Gasteiger partial charge < -0.3 is 14.9 Å². The average molecular weight is 266 g/mol. The molecule has 2 rings (SSSR count). The number of nitrogens with two attached hydrogens (primary N) is 1. The summed E-state index contributed by atoms with van der Waals surface area (Å²) >= 11 is 5.93. The van der Waals surface area contributed by atoms with Gasteiger partial charge >= 0.3 is 0 Å². The molecule has 18 heavy (non-hydrogen) atoms. The zero-order valence-corrected chi connectivity index (χ0v) is 11.1. The van der Waals surface area contributed by atoms with Crippen molar-refractivity contribution in [2.45, 2.75) is 26.0 Å². The van der Waals surface area contributed by atoms with Crippen LogP contribution in [0.15, 0.2) is 41.0 Å². The van der Waals surface area contributed by atoms with Crippen molar-refractivity contribution in [3.63, 3.8) is 0 Å². The molecule has 2 aromatic rings. The van der Waals surface area contributed by atoms with Crippen LogP contribution in [0.1, 0.15) is 31.0 Å². The van der Waals surface area contributed by atoms with Crippen LogP contribution in [-0.4, -0.2) is 6.10 Å². The summed E-state index contributed by atoms with van der Waals surface area (Å²) in [5, 5.41) is 0.331. The molecule has 1 heterocycles. The molecule has 0 fully saturated rings. The van der Waals surface area contributed by atoms with Crippen molar-refractivity contribution in [2.75, 3.05) is 0 Å². The van der Waals surface area contributed by atoms with Gasteiger partial charge in [0.1, 0.15) is 5.75 Å². The third-order valence-corrected chi connectivity index (χ3v) is 2.88. The van der Waals surface area contributed by atoms with Gasteiger partial charge in [0.15, 0.2) is 5.22 Å². The number of furan rings is 1. The van der Waals surface area contributed by atoms with E-state index in [9.17, 15) is 0 Å². The van der Waals surface area contributed by atoms with Crippen molar-refractivity contribution in [2.24, 2.45) is 5.73 Å². The Labute approximate surface area is 111 Å². The summed E-state index contributed by atoms with van der Waals surface area (Å²) in [6.07, 6.45) is 1.67. The van der Waals surface area contributed by atoms with Crippen molar-refractivity contribution in [3.8, 4) is 5.75 Å². The molecule has 2 N–H and O–H groups in total. The number of hydrogen-bond donors (Lipinski definition) is 1. The minimum absolute atomic E-state index is 0.133. The van der Waals surface area contributed by atoms with Crippen molar-refractivity contribution in [3.05, 3.63) is 52.9 Å². The highest BCUT2D eigenvalue weighted by atomic mass is 35.5. The number of hydrogen-bond acceptors (Lipinski definition) is 3. The molecule has 1 unspecified atom stereocenters. The number of benzene rings is 1.